The van der Waals surface area contributed by atoms with Gasteiger partial charge in [-0.25, -0.2) is 9.97 Å². The van der Waals surface area contributed by atoms with Crippen LogP contribution in [-0.4, -0.2) is 36.1 Å². The average Bonchev–Trinajstić information content (AvgIpc) is 2.55. The Morgan fingerprint density at radius 2 is 1.92 bits per heavy atom. The molecule has 24 heavy (non-hydrogen) atoms. The van der Waals surface area contributed by atoms with Gasteiger partial charge in [-0.2, -0.15) is 13.2 Å². The first kappa shape index (κ1) is 17.7. The number of carbonyl (C=O) groups excluding carboxylic acids is 1. The molecule has 1 aromatic carbocycles. The zero-order valence-electron chi connectivity index (χ0n) is 12.7. The second kappa shape index (κ2) is 7.73. The Hall–Kier alpha value is -2.68. The summed E-state index contributed by atoms with van der Waals surface area (Å²) >= 11 is 0. The fourth-order valence-corrected chi connectivity index (χ4v) is 1.77. The van der Waals surface area contributed by atoms with Crippen LogP contribution in [-0.2, 0) is 10.9 Å². The molecule has 6 nitrogen and oxygen atoms in total. The summed E-state index contributed by atoms with van der Waals surface area (Å²) in [6.45, 7) is 0.703. The van der Waals surface area contributed by atoms with Crippen molar-refractivity contribution in [1.29, 1.82) is 0 Å². The molecule has 9 heteroatoms. The van der Waals surface area contributed by atoms with Gasteiger partial charge >= 0.3 is 6.18 Å². The SMILES string of the molecule is COCCNC(=O)c1ccnc(Nc2ccc(C(F)(F)F)cc2)n1. The van der Waals surface area contributed by atoms with Crippen molar-refractivity contribution in [2.45, 2.75) is 6.18 Å². The lowest BCUT2D eigenvalue weighted by molar-refractivity contribution is -0.137. The third-order valence-corrected chi connectivity index (χ3v) is 2.95. The summed E-state index contributed by atoms with van der Waals surface area (Å²) in [5, 5.41) is 5.36. The number of aromatic nitrogens is 2. The molecule has 2 rings (SSSR count). The Morgan fingerprint density at radius 1 is 1.21 bits per heavy atom. The zero-order chi connectivity index (χ0) is 17.6. The highest BCUT2D eigenvalue weighted by Gasteiger charge is 2.29. The fourth-order valence-electron chi connectivity index (χ4n) is 1.77. The first-order valence-corrected chi connectivity index (χ1v) is 6.94. The fraction of sp³-hybridized carbons (Fsp3) is 0.267. The number of anilines is 2. The highest BCUT2D eigenvalue weighted by Crippen LogP contribution is 2.30. The maximum absolute atomic E-state index is 12.5. The van der Waals surface area contributed by atoms with Gasteiger partial charge in [-0.3, -0.25) is 4.79 Å². The maximum atomic E-state index is 12.5. The van der Waals surface area contributed by atoms with E-state index in [1.54, 1.807) is 0 Å². The topological polar surface area (TPSA) is 76.1 Å². The molecule has 0 aliphatic carbocycles. The van der Waals surface area contributed by atoms with Crippen LogP contribution in [0.25, 0.3) is 0 Å². The van der Waals surface area contributed by atoms with Gasteiger partial charge in [0, 0.05) is 25.5 Å². The molecular weight excluding hydrogens is 325 g/mol. The molecule has 1 heterocycles. The summed E-state index contributed by atoms with van der Waals surface area (Å²) in [5.74, 6) is -0.293. The number of carbonyl (C=O) groups is 1. The second-order valence-corrected chi connectivity index (χ2v) is 4.71. The van der Waals surface area contributed by atoms with Gasteiger partial charge in [-0.05, 0) is 30.3 Å². The van der Waals surface area contributed by atoms with Crippen molar-refractivity contribution in [3.05, 3.63) is 47.8 Å². The van der Waals surface area contributed by atoms with E-state index in [9.17, 15) is 18.0 Å². The predicted octanol–water partition coefficient (Wildman–Crippen LogP) is 2.62. The Kier molecular flexibility index (Phi) is 5.69. The van der Waals surface area contributed by atoms with Crippen LogP contribution in [0.1, 0.15) is 16.1 Å². The molecule has 2 N–H and O–H groups in total. The van der Waals surface area contributed by atoms with Gasteiger partial charge in [0.05, 0.1) is 12.2 Å². The first-order valence-electron chi connectivity index (χ1n) is 6.94. The number of ether oxygens (including phenoxy) is 1. The summed E-state index contributed by atoms with van der Waals surface area (Å²) < 4.78 is 42.4. The molecule has 2 aromatic rings. The van der Waals surface area contributed by atoms with Crippen molar-refractivity contribution < 1.29 is 22.7 Å². The Morgan fingerprint density at radius 3 is 2.54 bits per heavy atom. The van der Waals surface area contributed by atoms with Gasteiger partial charge in [-0.1, -0.05) is 0 Å². The summed E-state index contributed by atoms with van der Waals surface area (Å²) in [5.41, 5.74) is -0.240. The molecule has 128 valence electrons. The van der Waals surface area contributed by atoms with Gasteiger partial charge in [-0.15, -0.1) is 0 Å². The Balaban J connectivity index is 2.05. The molecular formula is C15H15F3N4O2. The summed E-state index contributed by atoms with van der Waals surface area (Å²) in [6, 6.07) is 5.85. The molecule has 0 unspecified atom stereocenters. The molecule has 0 fully saturated rings. The van der Waals surface area contributed by atoms with Crippen molar-refractivity contribution in [3.63, 3.8) is 0 Å². The summed E-state index contributed by atoms with van der Waals surface area (Å²) in [6.07, 6.45) is -3.01. The van der Waals surface area contributed by atoms with Crippen molar-refractivity contribution >= 4 is 17.5 Å². The van der Waals surface area contributed by atoms with Crippen LogP contribution < -0.4 is 10.6 Å². The van der Waals surface area contributed by atoms with E-state index in [1.165, 1.54) is 31.5 Å². The monoisotopic (exact) mass is 340 g/mol. The van der Waals surface area contributed by atoms with E-state index in [0.717, 1.165) is 12.1 Å². The number of hydrogen-bond acceptors (Lipinski definition) is 5. The standard InChI is InChI=1S/C15H15F3N4O2/c1-24-9-8-19-13(23)12-6-7-20-14(22-12)21-11-4-2-10(3-5-11)15(16,17)18/h2-7H,8-9H2,1H3,(H,19,23)(H,20,21,22). The average molecular weight is 340 g/mol. The lowest BCUT2D eigenvalue weighted by atomic mass is 10.2. The number of alkyl halides is 3. The minimum absolute atomic E-state index is 0.106. The number of halogens is 3. The van der Waals surface area contributed by atoms with Crippen LogP contribution >= 0.6 is 0 Å². The van der Waals surface area contributed by atoms with Crippen LogP contribution in [0.15, 0.2) is 36.5 Å². The molecule has 0 atom stereocenters. The molecule has 0 saturated carbocycles. The van der Waals surface area contributed by atoms with Gasteiger partial charge in [0.1, 0.15) is 5.69 Å². The summed E-state index contributed by atoms with van der Waals surface area (Å²) in [7, 11) is 1.52. The molecule has 1 aromatic heterocycles. The van der Waals surface area contributed by atoms with Crippen LogP contribution in [0.3, 0.4) is 0 Å². The van der Waals surface area contributed by atoms with Crippen molar-refractivity contribution in [1.82, 2.24) is 15.3 Å². The number of methoxy groups -OCH3 is 1. The van der Waals surface area contributed by atoms with Gasteiger partial charge < -0.3 is 15.4 Å². The molecule has 1 amide bonds. The van der Waals surface area contributed by atoms with Gasteiger partial charge in [0.15, 0.2) is 0 Å². The van der Waals surface area contributed by atoms with E-state index in [2.05, 4.69) is 20.6 Å². The minimum atomic E-state index is -4.39. The van der Waals surface area contributed by atoms with Crippen molar-refractivity contribution in [3.8, 4) is 0 Å². The maximum Gasteiger partial charge on any atom is 0.416 e. The molecule has 0 aliphatic rings. The highest BCUT2D eigenvalue weighted by atomic mass is 19.4. The highest BCUT2D eigenvalue weighted by molar-refractivity contribution is 5.92. The first-order chi connectivity index (χ1) is 11.4. The van der Waals surface area contributed by atoms with Crippen LogP contribution in [0.2, 0.25) is 0 Å². The van der Waals surface area contributed by atoms with Crippen LogP contribution in [0, 0.1) is 0 Å². The number of benzene rings is 1. The third kappa shape index (κ3) is 4.92. The smallest absolute Gasteiger partial charge is 0.383 e. The minimum Gasteiger partial charge on any atom is -0.383 e. The van der Waals surface area contributed by atoms with Crippen molar-refractivity contribution in [2.24, 2.45) is 0 Å². The van der Waals surface area contributed by atoms with Gasteiger partial charge in [0.2, 0.25) is 5.95 Å². The predicted molar refractivity (Wildman–Crippen MR) is 81.0 cm³/mol. The summed E-state index contributed by atoms with van der Waals surface area (Å²) in [4.78, 5) is 19.8. The zero-order valence-corrected chi connectivity index (χ0v) is 12.7. The third-order valence-electron chi connectivity index (χ3n) is 2.95. The Labute approximate surface area is 136 Å². The van der Waals surface area contributed by atoms with E-state index in [0.29, 0.717) is 18.8 Å². The van der Waals surface area contributed by atoms with E-state index in [4.69, 9.17) is 4.74 Å². The van der Waals surface area contributed by atoms with E-state index in [1.807, 2.05) is 0 Å². The number of amides is 1. The molecule has 0 saturated heterocycles. The number of nitrogens with one attached hydrogen (secondary N) is 2. The molecule has 0 spiro atoms. The van der Waals surface area contributed by atoms with E-state index < -0.39 is 17.6 Å². The quantitative estimate of drug-likeness (QED) is 0.791. The number of hydrogen-bond donors (Lipinski definition) is 2. The van der Waals surface area contributed by atoms with Gasteiger partial charge in [0.25, 0.3) is 5.91 Å². The molecule has 0 radical (unpaired) electrons. The van der Waals surface area contributed by atoms with E-state index >= 15 is 0 Å². The van der Waals surface area contributed by atoms with Crippen LogP contribution in [0.4, 0.5) is 24.8 Å². The molecule has 0 bridgehead atoms. The number of nitrogens with zero attached hydrogens (tertiary/aromatic N) is 2. The largest absolute Gasteiger partial charge is 0.416 e. The number of rotatable bonds is 6. The van der Waals surface area contributed by atoms with Crippen molar-refractivity contribution in [2.75, 3.05) is 25.6 Å². The lowest BCUT2D eigenvalue weighted by Crippen LogP contribution is -2.27. The normalized spacial score (nSPS) is 11.2. The van der Waals surface area contributed by atoms with Crippen LogP contribution in [0.5, 0.6) is 0 Å². The van der Waals surface area contributed by atoms with E-state index in [-0.39, 0.29) is 11.6 Å². The second-order valence-electron chi connectivity index (χ2n) is 4.71. The lowest BCUT2D eigenvalue weighted by Gasteiger charge is -2.09. The Bertz CT molecular complexity index is 690. The molecule has 0 aliphatic heterocycles.